The Morgan fingerprint density at radius 3 is 2.90 bits per heavy atom. The number of carboxylic acids is 1. The maximum Gasteiger partial charge on any atom is 0.347 e. The summed E-state index contributed by atoms with van der Waals surface area (Å²) in [6.07, 6.45) is 2.75. The van der Waals surface area contributed by atoms with Gasteiger partial charge in [0, 0.05) is 12.4 Å². The smallest absolute Gasteiger partial charge is 0.347 e. The molecular formula is C11H10N4O4S. The van der Waals surface area contributed by atoms with Crippen LogP contribution >= 0.6 is 11.5 Å². The fraction of sp³-hybridized carbons (Fsp3) is 0.182. The summed E-state index contributed by atoms with van der Waals surface area (Å²) in [4.78, 5) is 37.7. The van der Waals surface area contributed by atoms with Crippen LogP contribution in [-0.4, -0.2) is 30.9 Å². The number of hydrogen-bond acceptors (Lipinski definition) is 6. The van der Waals surface area contributed by atoms with Gasteiger partial charge in [0.05, 0.1) is 5.69 Å². The molecule has 0 saturated heterocycles. The van der Waals surface area contributed by atoms with Gasteiger partial charge in [-0.15, -0.1) is 0 Å². The summed E-state index contributed by atoms with van der Waals surface area (Å²) >= 11 is 0.882. The van der Waals surface area contributed by atoms with E-state index in [4.69, 9.17) is 5.11 Å². The van der Waals surface area contributed by atoms with Crippen LogP contribution in [0.4, 0.5) is 5.00 Å². The predicted octanol–water partition coefficient (Wildman–Crippen LogP) is 0.345. The second-order valence-electron chi connectivity index (χ2n) is 3.86. The van der Waals surface area contributed by atoms with Crippen molar-refractivity contribution in [1.29, 1.82) is 0 Å². The van der Waals surface area contributed by atoms with Crippen LogP contribution in [0.2, 0.25) is 0 Å². The lowest BCUT2D eigenvalue weighted by Gasteiger charge is -2.05. The highest BCUT2D eigenvalue weighted by atomic mass is 32.1. The summed E-state index contributed by atoms with van der Waals surface area (Å²) in [5.41, 5.74) is -0.264. The van der Waals surface area contributed by atoms with E-state index in [-0.39, 0.29) is 17.1 Å². The molecule has 0 aliphatic carbocycles. The number of aryl methyl sites for hydroxylation is 1. The van der Waals surface area contributed by atoms with E-state index in [0.29, 0.717) is 5.69 Å². The van der Waals surface area contributed by atoms with Gasteiger partial charge in [0.25, 0.3) is 0 Å². The summed E-state index contributed by atoms with van der Waals surface area (Å²) in [6.45, 7) is 1.30. The van der Waals surface area contributed by atoms with Crippen LogP contribution in [0.1, 0.15) is 16.1 Å². The minimum Gasteiger partial charge on any atom is -0.478 e. The lowest BCUT2D eigenvalue weighted by molar-refractivity contribution is -0.116. The van der Waals surface area contributed by atoms with Crippen LogP contribution in [-0.2, 0) is 11.3 Å². The number of anilines is 1. The Labute approximate surface area is 116 Å². The van der Waals surface area contributed by atoms with Crippen molar-refractivity contribution in [1.82, 2.24) is 13.9 Å². The number of carbonyl (C=O) groups is 2. The molecule has 2 rings (SSSR count). The molecule has 9 heteroatoms. The van der Waals surface area contributed by atoms with Crippen molar-refractivity contribution in [3.63, 3.8) is 0 Å². The maximum atomic E-state index is 11.8. The number of carboxylic acid groups (broad SMARTS) is 1. The van der Waals surface area contributed by atoms with Gasteiger partial charge >= 0.3 is 11.7 Å². The summed E-state index contributed by atoms with van der Waals surface area (Å²) in [5.74, 6) is -1.68. The zero-order valence-corrected chi connectivity index (χ0v) is 11.2. The molecule has 0 aliphatic rings. The molecule has 2 aromatic rings. The van der Waals surface area contributed by atoms with Gasteiger partial charge in [0.15, 0.2) is 0 Å². The van der Waals surface area contributed by atoms with Gasteiger partial charge in [-0.25, -0.2) is 14.6 Å². The quantitative estimate of drug-likeness (QED) is 0.840. The molecular weight excluding hydrogens is 284 g/mol. The van der Waals surface area contributed by atoms with Gasteiger partial charge in [-0.3, -0.25) is 9.36 Å². The molecule has 0 saturated carbocycles. The van der Waals surface area contributed by atoms with Crippen molar-refractivity contribution in [2.24, 2.45) is 0 Å². The van der Waals surface area contributed by atoms with E-state index < -0.39 is 17.6 Å². The Balaban J connectivity index is 2.15. The molecule has 104 valence electrons. The number of nitrogens with zero attached hydrogens (tertiary/aromatic N) is 3. The van der Waals surface area contributed by atoms with Crippen molar-refractivity contribution >= 4 is 28.4 Å². The van der Waals surface area contributed by atoms with Gasteiger partial charge in [-0.2, -0.15) is 4.37 Å². The van der Waals surface area contributed by atoms with Gasteiger partial charge in [-0.1, -0.05) is 0 Å². The number of aromatic carboxylic acids is 1. The van der Waals surface area contributed by atoms with E-state index in [1.165, 1.54) is 18.5 Å². The Morgan fingerprint density at radius 1 is 1.50 bits per heavy atom. The maximum absolute atomic E-state index is 11.8. The van der Waals surface area contributed by atoms with Crippen molar-refractivity contribution in [2.45, 2.75) is 13.5 Å². The van der Waals surface area contributed by atoms with Gasteiger partial charge in [0.1, 0.15) is 17.1 Å². The number of rotatable bonds is 4. The molecule has 0 fully saturated rings. The Kier molecular flexibility index (Phi) is 3.89. The molecule has 0 radical (unpaired) electrons. The molecule has 8 nitrogen and oxygen atoms in total. The SMILES string of the molecule is Cc1nsc(NC(=O)Cn2cccnc2=O)c1C(=O)O. The summed E-state index contributed by atoms with van der Waals surface area (Å²) < 4.78 is 5.00. The van der Waals surface area contributed by atoms with E-state index in [1.54, 1.807) is 6.92 Å². The molecule has 20 heavy (non-hydrogen) atoms. The highest BCUT2D eigenvalue weighted by molar-refractivity contribution is 7.11. The first kappa shape index (κ1) is 13.9. The van der Waals surface area contributed by atoms with Crippen LogP contribution in [0.3, 0.4) is 0 Å². The third-order valence-electron chi connectivity index (χ3n) is 2.43. The third kappa shape index (κ3) is 2.88. The molecule has 2 N–H and O–H groups in total. The molecule has 0 atom stereocenters. The summed E-state index contributed by atoms with van der Waals surface area (Å²) in [5, 5.41) is 11.6. The van der Waals surface area contributed by atoms with Crippen molar-refractivity contribution in [3.8, 4) is 0 Å². The van der Waals surface area contributed by atoms with E-state index in [0.717, 1.165) is 16.1 Å². The van der Waals surface area contributed by atoms with Crippen LogP contribution in [0.15, 0.2) is 23.3 Å². The monoisotopic (exact) mass is 294 g/mol. The van der Waals surface area contributed by atoms with Gasteiger partial charge in [0.2, 0.25) is 5.91 Å². The molecule has 2 heterocycles. The van der Waals surface area contributed by atoms with E-state index in [9.17, 15) is 14.4 Å². The van der Waals surface area contributed by atoms with Gasteiger partial charge < -0.3 is 10.4 Å². The second-order valence-corrected chi connectivity index (χ2v) is 4.63. The van der Waals surface area contributed by atoms with Crippen molar-refractivity contribution < 1.29 is 14.7 Å². The van der Waals surface area contributed by atoms with E-state index in [2.05, 4.69) is 14.7 Å². The zero-order valence-electron chi connectivity index (χ0n) is 10.4. The zero-order chi connectivity index (χ0) is 14.7. The average molecular weight is 294 g/mol. The highest BCUT2D eigenvalue weighted by Gasteiger charge is 2.19. The summed E-state index contributed by atoms with van der Waals surface area (Å²) in [6, 6.07) is 1.52. The highest BCUT2D eigenvalue weighted by Crippen LogP contribution is 2.24. The van der Waals surface area contributed by atoms with Crippen LogP contribution in [0, 0.1) is 6.92 Å². The molecule has 0 aliphatic heterocycles. The Hall–Kier alpha value is -2.55. The molecule has 0 bridgehead atoms. The lowest BCUT2D eigenvalue weighted by Crippen LogP contribution is -2.28. The first-order valence-electron chi connectivity index (χ1n) is 5.50. The first-order valence-corrected chi connectivity index (χ1v) is 6.27. The number of nitrogens with one attached hydrogen (secondary N) is 1. The molecule has 0 aromatic carbocycles. The third-order valence-corrected chi connectivity index (χ3v) is 3.28. The predicted molar refractivity (Wildman–Crippen MR) is 70.9 cm³/mol. The van der Waals surface area contributed by atoms with E-state index >= 15 is 0 Å². The van der Waals surface area contributed by atoms with Crippen LogP contribution in [0.5, 0.6) is 0 Å². The molecule has 2 aromatic heterocycles. The molecule has 1 amide bonds. The Morgan fingerprint density at radius 2 is 2.25 bits per heavy atom. The fourth-order valence-corrected chi connectivity index (χ4v) is 2.34. The van der Waals surface area contributed by atoms with Crippen molar-refractivity contribution in [3.05, 3.63) is 40.2 Å². The fourth-order valence-electron chi connectivity index (χ4n) is 1.54. The normalized spacial score (nSPS) is 10.2. The van der Waals surface area contributed by atoms with Gasteiger partial charge in [-0.05, 0) is 24.5 Å². The Bertz CT molecular complexity index is 721. The van der Waals surface area contributed by atoms with Crippen LogP contribution in [0.25, 0.3) is 0 Å². The van der Waals surface area contributed by atoms with Crippen LogP contribution < -0.4 is 11.0 Å². The minimum atomic E-state index is -1.16. The minimum absolute atomic E-state index is 0.0399. The lowest BCUT2D eigenvalue weighted by atomic mass is 10.2. The standard InChI is InChI=1S/C11H10N4O4S/c1-6-8(10(17)18)9(20-14-6)13-7(16)5-15-4-2-3-12-11(15)19/h2-4H,5H2,1H3,(H,13,16)(H,17,18). The molecule has 0 spiro atoms. The van der Waals surface area contributed by atoms with E-state index in [1.807, 2.05) is 0 Å². The second kappa shape index (κ2) is 5.61. The number of carbonyl (C=O) groups excluding carboxylic acids is 1. The topological polar surface area (TPSA) is 114 Å². The average Bonchev–Trinajstić information content (AvgIpc) is 2.73. The largest absolute Gasteiger partial charge is 0.478 e. The number of amides is 1. The molecule has 0 unspecified atom stereocenters. The number of hydrogen-bond donors (Lipinski definition) is 2. The first-order chi connectivity index (χ1) is 9.49. The van der Waals surface area contributed by atoms with Crippen molar-refractivity contribution in [2.75, 3.05) is 5.32 Å². The summed E-state index contributed by atoms with van der Waals surface area (Å²) in [7, 11) is 0. The number of aromatic nitrogens is 3.